The third kappa shape index (κ3) is 7.65. The van der Waals surface area contributed by atoms with E-state index >= 15 is 0 Å². The molecule has 5 heteroatoms. The van der Waals surface area contributed by atoms with Gasteiger partial charge < -0.3 is 15.0 Å². The number of nitrogens with zero attached hydrogens (tertiary/aromatic N) is 1. The summed E-state index contributed by atoms with van der Waals surface area (Å²) in [5.74, 6) is 0.335. The molecule has 5 nitrogen and oxygen atoms in total. The first kappa shape index (κ1) is 25.3. The van der Waals surface area contributed by atoms with Crippen LogP contribution in [0.3, 0.4) is 0 Å². The molecule has 0 fully saturated rings. The molecule has 1 unspecified atom stereocenters. The van der Waals surface area contributed by atoms with Crippen LogP contribution in [0.5, 0.6) is 0 Å². The predicted octanol–water partition coefficient (Wildman–Crippen LogP) is 5.06. The SMILES string of the molecule is C=CC1=C(\C=C)CN(C(=O)CCC(=O)NCC(C)OCCC(C)C)c2ccccc2/C=C\1. The average molecular weight is 437 g/mol. The van der Waals surface area contributed by atoms with Gasteiger partial charge in [-0.15, -0.1) is 0 Å². The maximum atomic E-state index is 13.1. The van der Waals surface area contributed by atoms with E-state index in [1.54, 1.807) is 17.1 Å². The Labute approximate surface area is 192 Å². The Kier molecular flexibility index (Phi) is 10.2. The number of carbonyl (C=O) groups is 2. The van der Waals surface area contributed by atoms with Gasteiger partial charge in [0.25, 0.3) is 0 Å². The minimum Gasteiger partial charge on any atom is -0.377 e. The summed E-state index contributed by atoms with van der Waals surface area (Å²) < 4.78 is 5.71. The van der Waals surface area contributed by atoms with Crippen molar-refractivity contribution >= 4 is 23.6 Å². The molecular formula is C27H36N2O3. The number of amides is 2. The maximum absolute atomic E-state index is 13.1. The molecule has 1 aromatic rings. The smallest absolute Gasteiger partial charge is 0.227 e. The molecule has 1 aliphatic heterocycles. The van der Waals surface area contributed by atoms with Crippen molar-refractivity contribution in [3.63, 3.8) is 0 Å². The number of anilines is 1. The summed E-state index contributed by atoms with van der Waals surface area (Å²) in [6.45, 7) is 15.5. The lowest BCUT2D eigenvalue weighted by Crippen LogP contribution is -2.36. The average Bonchev–Trinajstić information content (AvgIpc) is 2.76. The fraction of sp³-hybridized carbons (Fsp3) is 0.407. The van der Waals surface area contributed by atoms with Crippen molar-refractivity contribution in [1.82, 2.24) is 5.32 Å². The van der Waals surface area contributed by atoms with Gasteiger partial charge in [-0.05, 0) is 42.0 Å². The van der Waals surface area contributed by atoms with Crippen LogP contribution in [0, 0.1) is 5.92 Å². The van der Waals surface area contributed by atoms with E-state index < -0.39 is 0 Å². The Morgan fingerprint density at radius 3 is 2.56 bits per heavy atom. The summed E-state index contributed by atoms with van der Waals surface area (Å²) in [6, 6.07) is 7.75. The van der Waals surface area contributed by atoms with Crippen molar-refractivity contribution in [2.24, 2.45) is 5.92 Å². The van der Waals surface area contributed by atoms with E-state index in [0.717, 1.165) is 28.8 Å². The lowest BCUT2D eigenvalue weighted by atomic mass is 10.0. The van der Waals surface area contributed by atoms with Gasteiger partial charge in [-0.2, -0.15) is 0 Å². The molecule has 0 aliphatic carbocycles. The fourth-order valence-electron chi connectivity index (χ4n) is 3.38. The van der Waals surface area contributed by atoms with E-state index in [1.807, 2.05) is 43.3 Å². The second-order valence-electron chi connectivity index (χ2n) is 8.43. The molecular weight excluding hydrogens is 400 g/mol. The van der Waals surface area contributed by atoms with E-state index in [1.165, 1.54) is 0 Å². The highest BCUT2D eigenvalue weighted by molar-refractivity contribution is 5.98. The van der Waals surface area contributed by atoms with Crippen molar-refractivity contribution in [3.8, 4) is 0 Å². The van der Waals surface area contributed by atoms with Gasteiger partial charge >= 0.3 is 0 Å². The summed E-state index contributed by atoms with van der Waals surface area (Å²) in [5, 5.41) is 2.87. The quantitative estimate of drug-likeness (QED) is 0.527. The highest BCUT2D eigenvalue weighted by Gasteiger charge is 2.21. The maximum Gasteiger partial charge on any atom is 0.227 e. The number of para-hydroxylation sites is 1. The number of benzene rings is 1. The summed E-state index contributed by atoms with van der Waals surface area (Å²) >= 11 is 0. The number of hydrogen-bond donors (Lipinski definition) is 1. The van der Waals surface area contributed by atoms with Gasteiger partial charge in [0.2, 0.25) is 11.8 Å². The van der Waals surface area contributed by atoms with Gasteiger partial charge in [-0.25, -0.2) is 0 Å². The first-order chi connectivity index (χ1) is 15.3. The molecule has 0 radical (unpaired) electrons. The van der Waals surface area contributed by atoms with Gasteiger partial charge in [-0.1, -0.05) is 69.5 Å². The number of fused-ring (bicyclic) bond motifs is 1. The van der Waals surface area contributed by atoms with E-state index in [9.17, 15) is 9.59 Å². The van der Waals surface area contributed by atoms with Gasteiger partial charge in [-0.3, -0.25) is 9.59 Å². The highest BCUT2D eigenvalue weighted by Crippen LogP contribution is 2.28. The first-order valence-electron chi connectivity index (χ1n) is 11.3. The number of ether oxygens (including phenoxy) is 1. The molecule has 0 spiro atoms. The molecule has 1 heterocycles. The molecule has 2 amide bonds. The Hall–Kier alpha value is -2.92. The third-order valence-electron chi connectivity index (χ3n) is 5.39. The minimum absolute atomic E-state index is 0.0565. The van der Waals surface area contributed by atoms with Gasteiger partial charge in [0.05, 0.1) is 18.3 Å². The van der Waals surface area contributed by atoms with Crippen molar-refractivity contribution in [2.75, 3.05) is 24.6 Å². The zero-order valence-electron chi connectivity index (χ0n) is 19.6. The normalized spacial score (nSPS) is 17.7. The molecule has 2 rings (SSSR count). The Balaban J connectivity index is 1.99. The molecule has 172 valence electrons. The predicted molar refractivity (Wildman–Crippen MR) is 132 cm³/mol. The van der Waals surface area contributed by atoms with Crippen LogP contribution in [-0.2, 0) is 14.3 Å². The summed E-state index contributed by atoms with van der Waals surface area (Å²) in [6.07, 6.45) is 8.68. The molecule has 1 aromatic carbocycles. The Morgan fingerprint density at radius 1 is 1.12 bits per heavy atom. The van der Waals surface area contributed by atoms with E-state index in [4.69, 9.17) is 4.74 Å². The van der Waals surface area contributed by atoms with Crippen LogP contribution in [0.2, 0.25) is 0 Å². The number of hydrogen-bond acceptors (Lipinski definition) is 3. The zero-order valence-corrected chi connectivity index (χ0v) is 19.6. The summed E-state index contributed by atoms with van der Waals surface area (Å²) in [5.41, 5.74) is 3.61. The van der Waals surface area contributed by atoms with Crippen molar-refractivity contribution < 1.29 is 14.3 Å². The van der Waals surface area contributed by atoms with Crippen LogP contribution >= 0.6 is 0 Å². The van der Waals surface area contributed by atoms with Crippen LogP contribution in [0.15, 0.2) is 66.8 Å². The van der Waals surface area contributed by atoms with Crippen molar-refractivity contribution in [1.29, 1.82) is 0 Å². The fourth-order valence-corrected chi connectivity index (χ4v) is 3.38. The molecule has 0 aromatic heterocycles. The van der Waals surface area contributed by atoms with Crippen molar-refractivity contribution in [2.45, 2.75) is 46.1 Å². The molecule has 0 saturated carbocycles. The molecule has 1 aliphatic rings. The monoisotopic (exact) mass is 436 g/mol. The zero-order chi connectivity index (χ0) is 23.5. The van der Waals surface area contributed by atoms with Crippen LogP contribution in [0.4, 0.5) is 5.69 Å². The third-order valence-corrected chi connectivity index (χ3v) is 5.39. The minimum atomic E-state index is -0.149. The molecule has 32 heavy (non-hydrogen) atoms. The van der Waals surface area contributed by atoms with Crippen LogP contribution < -0.4 is 10.2 Å². The first-order valence-corrected chi connectivity index (χ1v) is 11.3. The van der Waals surface area contributed by atoms with Crippen LogP contribution in [-0.4, -0.2) is 37.6 Å². The molecule has 0 bridgehead atoms. The number of carbonyl (C=O) groups excluding carboxylic acids is 2. The molecule has 1 atom stereocenters. The lowest BCUT2D eigenvalue weighted by molar-refractivity contribution is -0.125. The second-order valence-corrected chi connectivity index (χ2v) is 8.43. The largest absolute Gasteiger partial charge is 0.377 e. The Bertz CT molecular complexity index is 883. The van der Waals surface area contributed by atoms with Crippen LogP contribution in [0.1, 0.15) is 45.6 Å². The van der Waals surface area contributed by atoms with Gasteiger partial charge in [0.1, 0.15) is 0 Å². The molecule has 1 N–H and O–H groups in total. The van der Waals surface area contributed by atoms with Gasteiger partial charge in [0.15, 0.2) is 0 Å². The number of rotatable bonds is 11. The van der Waals surface area contributed by atoms with Crippen molar-refractivity contribution in [3.05, 3.63) is 72.4 Å². The standard InChI is InChI=1S/C27H36N2O3/c1-6-22-12-13-24-10-8-9-11-25(24)29(19-23(22)7-2)27(31)15-14-26(30)28-18-21(5)32-17-16-20(3)4/h6-13,20-21H,1-2,14-19H2,3-5H3,(H,28,30)/b13-12-,23-22-. The topological polar surface area (TPSA) is 58.6 Å². The van der Waals surface area contributed by atoms with E-state index in [2.05, 4.69) is 32.3 Å². The molecule has 0 saturated heterocycles. The van der Waals surface area contributed by atoms with E-state index in [-0.39, 0.29) is 30.8 Å². The second kappa shape index (κ2) is 12.8. The highest BCUT2D eigenvalue weighted by atomic mass is 16.5. The lowest BCUT2D eigenvalue weighted by Gasteiger charge is -2.27. The van der Waals surface area contributed by atoms with E-state index in [0.29, 0.717) is 25.6 Å². The van der Waals surface area contributed by atoms with Crippen LogP contribution in [0.25, 0.3) is 6.08 Å². The number of allylic oxidation sites excluding steroid dienone is 3. The summed E-state index contributed by atoms with van der Waals surface area (Å²) in [4.78, 5) is 27.2. The number of nitrogens with one attached hydrogen (secondary N) is 1. The Morgan fingerprint density at radius 2 is 1.88 bits per heavy atom. The van der Waals surface area contributed by atoms with Gasteiger partial charge in [0, 0.05) is 26.0 Å². The summed E-state index contributed by atoms with van der Waals surface area (Å²) in [7, 11) is 0.